The summed E-state index contributed by atoms with van der Waals surface area (Å²) < 4.78 is 2.27. The monoisotopic (exact) mass is 409 g/mol. The minimum absolute atomic E-state index is 0.291. The molecule has 0 spiro atoms. The van der Waals surface area contributed by atoms with Crippen molar-refractivity contribution >= 4 is 11.6 Å². The number of hydrogen-bond acceptors (Lipinski definition) is 2. The summed E-state index contributed by atoms with van der Waals surface area (Å²) in [6, 6.07) is 0. The number of fused-ring (bicyclic) bond motifs is 5. The molecule has 5 rings (SSSR count). The van der Waals surface area contributed by atoms with E-state index in [1.807, 2.05) is 12.5 Å². The molecule has 1 saturated heterocycles. The second kappa shape index (κ2) is 7.53. The Hall–Kier alpha value is -1.58. The average Bonchev–Trinajstić information content (AvgIpc) is 3.32. The number of hydrogen-bond donors (Lipinski definition) is 0. The fraction of sp³-hybridized carbons (Fsp3) is 0.769. The molecule has 0 radical (unpaired) electrons. The maximum Gasteiger partial charge on any atom is 0.222 e. The number of carbonyl (C=O) groups excluding carboxylic acids is 1. The van der Waals surface area contributed by atoms with Gasteiger partial charge in [0.25, 0.3) is 0 Å². The maximum absolute atomic E-state index is 12.6. The van der Waals surface area contributed by atoms with Crippen molar-refractivity contribution in [3.05, 3.63) is 24.8 Å². The number of aromatic nitrogens is 2. The molecule has 164 valence electrons. The summed E-state index contributed by atoms with van der Waals surface area (Å²) in [4.78, 5) is 19.1. The third kappa shape index (κ3) is 3.00. The van der Waals surface area contributed by atoms with E-state index in [0.29, 0.717) is 16.7 Å². The molecule has 0 bridgehead atoms. The van der Waals surface area contributed by atoms with Gasteiger partial charge in [-0.05, 0) is 80.5 Å². The second-order valence-corrected chi connectivity index (χ2v) is 11.1. The summed E-state index contributed by atoms with van der Waals surface area (Å²) in [7, 11) is 0. The zero-order valence-corrected chi connectivity index (χ0v) is 19.1. The lowest BCUT2D eigenvalue weighted by atomic mass is 9.46. The normalized spacial score (nSPS) is 40.8. The average molecular weight is 410 g/mol. The highest BCUT2D eigenvalue weighted by atomic mass is 16.2. The number of allylic oxidation sites excluding steroid dienone is 2. The Labute approximate surface area is 182 Å². The van der Waals surface area contributed by atoms with Gasteiger partial charge >= 0.3 is 0 Å². The maximum atomic E-state index is 12.6. The molecular weight excluding hydrogens is 370 g/mol. The molecule has 4 aliphatic rings. The van der Waals surface area contributed by atoms with Crippen LogP contribution in [0.1, 0.15) is 78.6 Å². The highest BCUT2D eigenvalue weighted by Gasteiger charge is 2.58. The van der Waals surface area contributed by atoms with Crippen LogP contribution < -0.4 is 0 Å². The molecule has 0 aromatic carbocycles. The summed E-state index contributed by atoms with van der Waals surface area (Å²) >= 11 is 0. The molecule has 1 amide bonds. The van der Waals surface area contributed by atoms with Gasteiger partial charge in [-0.25, -0.2) is 4.98 Å². The topological polar surface area (TPSA) is 38.1 Å². The molecule has 4 heteroatoms. The summed E-state index contributed by atoms with van der Waals surface area (Å²) in [5.41, 5.74) is 2.19. The second-order valence-electron chi connectivity index (χ2n) is 11.1. The molecule has 0 N–H and O–H groups in total. The van der Waals surface area contributed by atoms with E-state index in [0.717, 1.165) is 49.6 Å². The summed E-state index contributed by atoms with van der Waals surface area (Å²) in [6.45, 7) is 9.22. The molecule has 3 fully saturated rings. The van der Waals surface area contributed by atoms with Crippen LogP contribution in [0.5, 0.6) is 0 Å². The van der Waals surface area contributed by atoms with Crippen molar-refractivity contribution in [2.75, 3.05) is 13.1 Å². The van der Waals surface area contributed by atoms with Gasteiger partial charge in [-0.3, -0.25) is 4.79 Å². The summed E-state index contributed by atoms with van der Waals surface area (Å²) in [6.07, 6.45) is 19.3. The highest BCUT2D eigenvalue weighted by molar-refractivity contribution is 5.76. The first-order valence-electron chi connectivity index (χ1n) is 12.4. The van der Waals surface area contributed by atoms with Crippen LogP contribution in [0.15, 0.2) is 24.8 Å². The Morgan fingerprint density at radius 2 is 2.00 bits per heavy atom. The molecule has 2 saturated carbocycles. The Bertz CT molecular complexity index is 814. The first kappa shape index (κ1) is 20.3. The minimum atomic E-state index is 0.291. The number of amides is 1. The van der Waals surface area contributed by atoms with Gasteiger partial charge < -0.3 is 9.47 Å². The van der Waals surface area contributed by atoms with Crippen molar-refractivity contribution in [1.29, 1.82) is 0 Å². The summed E-state index contributed by atoms with van der Waals surface area (Å²) in [5, 5.41) is 0. The molecule has 4 nitrogen and oxygen atoms in total. The van der Waals surface area contributed by atoms with Crippen LogP contribution in [-0.2, 0) is 4.79 Å². The van der Waals surface area contributed by atoms with E-state index in [-0.39, 0.29) is 0 Å². The van der Waals surface area contributed by atoms with Crippen molar-refractivity contribution in [3.8, 4) is 0 Å². The smallest absolute Gasteiger partial charge is 0.222 e. The standard InChI is InChI=1S/C26H39N3O/c1-4-5-24(30)28-15-11-19-6-7-20-21-8-9-23(29-17-14-27-18-29)26(21,3)12-10-22(20)25(19,2)13-16-28/h9,14,17-22H,4-8,10-13,15-16H2,1-3H3/t19?,20?,21?,22?,25-,26-/m0/s1. The van der Waals surface area contributed by atoms with E-state index in [4.69, 9.17) is 0 Å². The van der Waals surface area contributed by atoms with Gasteiger partial charge in [-0.2, -0.15) is 0 Å². The lowest BCUT2D eigenvalue weighted by molar-refractivity contribution is -0.131. The van der Waals surface area contributed by atoms with Gasteiger partial charge in [0.1, 0.15) is 0 Å². The fourth-order valence-corrected chi connectivity index (χ4v) is 8.17. The van der Waals surface area contributed by atoms with Crippen molar-refractivity contribution < 1.29 is 4.79 Å². The van der Waals surface area contributed by atoms with Crippen LogP contribution in [0.2, 0.25) is 0 Å². The quantitative estimate of drug-likeness (QED) is 0.650. The van der Waals surface area contributed by atoms with Gasteiger partial charge in [0.2, 0.25) is 5.91 Å². The van der Waals surface area contributed by atoms with Gasteiger partial charge in [-0.1, -0.05) is 26.8 Å². The Kier molecular flexibility index (Phi) is 5.10. The van der Waals surface area contributed by atoms with E-state index in [1.165, 1.54) is 50.6 Å². The molecule has 1 aromatic heterocycles. The van der Waals surface area contributed by atoms with Crippen molar-refractivity contribution in [1.82, 2.24) is 14.5 Å². The molecule has 1 aliphatic heterocycles. The SMILES string of the molecule is CCCC(=O)N1CCC2CCC3C(CC[C@]4(C)C(n5ccnc5)=CCC34)[C@@]2(C)CC1. The molecular formula is C26H39N3O. The number of likely N-dealkylation sites (tertiary alicyclic amines) is 1. The Morgan fingerprint density at radius 3 is 2.77 bits per heavy atom. The van der Waals surface area contributed by atoms with Crippen LogP contribution in [-0.4, -0.2) is 33.4 Å². The van der Waals surface area contributed by atoms with Gasteiger partial charge in [0.15, 0.2) is 0 Å². The molecule has 30 heavy (non-hydrogen) atoms. The van der Waals surface area contributed by atoms with Crippen LogP contribution in [0, 0.1) is 34.5 Å². The largest absolute Gasteiger partial charge is 0.343 e. The predicted octanol–water partition coefficient (Wildman–Crippen LogP) is 5.62. The van der Waals surface area contributed by atoms with E-state index in [9.17, 15) is 4.79 Å². The number of carbonyl (C=O) groups is 1. The van der Waals surface area contributed by atoms with Gasteiger partial charge in [0, 0.05) is 43.0 Å². The molecule has 4 unspecified atom stereocenters. The number of imidazole rings is 1. The predicted molar refractivity (Wildman–Crippen MR) is 120 cm³/mol. The third-order valence-corrected chi connectivity index (χ3v) is 9.87. The fourth-order valence-electron chi connectivity index (χ4n) is 8.17. The first-order chi connectivity index (χ1) is 14.5. The summed E-state index contributed by atoms with van der Waals surface area (Å²) in [5.74, 6) is 3.61. The van der Waals surface area contributed by atoms with Crippen molar-refractivity contribution in [2.45, 2.75) is 78.6 Å². The molecule has 6 atom stereocenters. The van der Waals surface area contributed by atoms with E-state index in [1.54, 1.807) is 0 Å². The first-order valence-corrected chi connectivity index (χ1v) is 12.4. The Morgan fingerprint density at radius 1 is 1.13 bits per heavy atom. The van der Waals surface area contributed by atoms with Crippen LogP contribution in [0.3, 0.4) is 0 Å². The van der Waals surface area contributed by atoms with E-state index >= 15 is 0 Å². The van der Waals surface area contributed by atoms with Crippen molar-refractivity contribution in [3.63, 3.8) is 0 Å². The molecule has 3 aliphatic carbocycles. The highest BCUT2D eigenvalue weighted by Crippen LogP contribution is 2.66. The lowest BCUT2D eigenvalue weighted by Crippen LogP contribution is -2.51. The third-order valence-electron chi connectivity index (χ3n) is 9.87. The number of nitrogens with zero attached hydrogens (tertiary/aromatic N) is 3. The lowest BCUT2D eigenvalue weighted by Gasteiger charge is -2.58. The van der Waals surface area contributed by atoms with E-state index in [2.05, 4.69) is 47.5 Å². The number of rotatable bonds is 3. The minimum Gasteiger partial charge on any atom is -0.343 e. The zero-order valence-electron chi connectivity index (χ0n) is 19.1. The Balaban J connectivity index is 1.37. The van der Waals surface area contributed by atoms with E-state index < -0.39 is 0 Å². The van der Waals surface area contributed by atoms with Crippen LogP contribution >= 0.6 is 0 Å². The van der Waals surface area contributed by atoms with Gasteiger partial charge in [0.05, 0.1) is 6.33 Å². The zero-order chi connectivity index (χ0) is 20.9. The van der Waals surface area contributed by atoms with Gasteiger partial charge in [-0.15, -0.1) is 0 Å². The molecule has 1 aromatic rings. The van der Waals surface area contributed by atoms with Crippen LogP contribution in [0.25, 0.3) is 5.70 Å². The van der Waals surface area contributed by atoms with Crippen molar-refractivity contribution in [2.24, 2.45) is 34.5 Å². The van der Waals surface area contributed by atoms with Crippen LogP contribution in [0.4, 0.5) is 0 Å². The molecule has 2 heterocycles.